The molecule has 1 atom stereocenters. The third-order valence-electron chi connectivity index (χ3n) is 3.97. The topological polar surface area (TPSA) is 66.4 Å². The summed E-state index contributed by atoms with van der Waals surface area (Å²) < 4.78 is 26.6. The summed E-state index contributed by atoms with van der Waals surface area (Å²) in [7, 11) is -3.60. The van der Waals surface area contributed by atoms with Gasteiger partial charge in [-0.1, -0.05) is 60.2 Å². The third-order valence-corrected chi connectivity index (χ3v) is 5.01. The zero-order chi connectivity index (χ0) is 18.3. The van der Waals surface area contributed by atoms with Crippen molar-refractivity contribution < 1.29 is 13.5 Å². The molecular weight excluding hydrogens is 334 g/mol. The standard InChI is InChI=1S/C20H25NO3S/c1-17-8-10-19(11-9-17)13-15-25(23,24)21-16-20(2,22)14-12-18-6-4-3-5-7-18/h3-11,13,15,21-22H,12,14,16H2,1-2H3/b15-13+/t20-/m0/s1. The highest BCUT2D eigenvalue weighted by Crippen LogP contribution is 2.14. The van der Waals surface area contributed by atoms with Crippen molar-refractivity contribution in [2.45, 2.75) is 32.3 Å². The van der Waals surface area contributed by atoms with Gasteiger partial charge in [-0.2, -0.15) is 0 Å². The average molecular weight is 359 g/mol. The van der Waals surface area contributed by atoms with Crippen LogP contribution in [-0.2, 0) is 16.4 Å². The lowest BCUT2D eigenvalue weighted by molar-refractivity contribution is 0.0566. The van der Waals surface area contributed by atoms with Gasteiger partial charge in [-0.25, -0.2) is 13.1 Å². The van der Waals surface area contributed by atoms with Gasteiger partial charge in [-0.3, -0.25) is 0 Å². The van der Waals surface area contributed by atoms with Crippen LogP contribution < -0.4 is 4.72 Å². The Balaban J connectivity index is 1.88. The van der Waals surface area contributed by atoms with E-state index in [-0.39, 0.29) is 6.54 Å². The second-order valence-corrected chi connectivity index (χ2v) is 8.21. The first-order chi connectivity index (χ1) is 11.8. The van der Waals surface area contributed by atoms with E-state index >= 15 is 0 Å². The maximum Gasteiger partial charge on any atom is 0.233 e. The molecule has 0 unspecified atom stereocenters. The summed E-state index contributed by atoms with van der Waals surface area (Å²) in [5.74, 6) is 0. The molecule has 2 aromatic carbocycles. The molecule has 0 spiro atoms. The Hall–Kier alpha value is -1.95. The monoisotopic (exact) mass is 359 g/mol. The molecule has 0 saturated heterocycles. The van der Waals surface area contributed by atoms with E-state index in [0.717, 1.165) is 22.1 Å². The highest BCUT2D eigenvalue weighted by Gasteiger charge is 2.22. The first kappa shape index (κ1) is 19.4. The van der Waals surface area contributed by atoms with Gasteiger partial charge in [0, 0.05) is 12.0 Å². The summed E-state index contributed by atoms with van der Waals surface area (Å²) >= 11 is 0. The molecule has 4 nitrogen and oxygen atoms in total. The summed E-state index contributed by atoms with van der Waals surface area (Å²) in [5, 5.41) is 11.5. The van der Waals surface area contributed by atoms with Crippen LogP contribution in [-0.4, -0.2) is 25.7 Å². The van der Waals surface area contributed by atoms with Crippen LogP contribution in [0.5, 0.6) is 0 Å². The predicted octanol–water partition coefficient (Wildman–Crippen LogP) is 3.27. The molecule has 0 aliphatic rings. The lowest BCUT2D eigenvalue weighted by Crippen LogP contribution is -2.40. The van der Waals surface area contributed by atoms with Gasteiger partial charge in [0.1, 0.15) is 0 Å². The number of hydrogen-bond donors (Lipinski definition) is 2. The number of sulfonamides is 1. The van der Waals surface area contributed by atoms with Gasteiger partial charge in [-0.15, -0.1) is 0 Å². The Bertz CT molecular complexity index is 795. The van der Waals surface area contributed by atoms with Crippen LogP contribution >= 0.6 is 0 Å². The van der Waals surface area contributed by atoms with Crippen molar-refractivity contribution in [1.29, 1.82) is 0 Å². The molecule has 0 aliphatic heterocycles. The second-order valence-electron chi connectivity index (χ2n) is 6.56. The zero-order valence-corrected chi connectivity index (χ0v) is 15.5. The fraction of sp³-hybridized carbons (Fsp3) is 0.300. The second kappa shape index (κ2) is 8.43. The van der Waals surface area contributed by atoms with Crippen LogP contribution in [0.4, 0.5) is 0 Å². The minimum atomic E-state index is -3.60. The lowest BCUT2D eigenvalue weighted by Gasteiger charge is -2.23. The van der Waals surface area contributed by atoms with Crippen molar-refractivity contribution in [2.75, 3.05) is 6.54 Å². The Morgan fingerprint density at radius 3 is 2.36 bits per heavy atom. The molecule has 25 heavy (non-hydrogen) atoms. The number of aryl methyl sites for hydroxylation is 2. The molecule has 0 radical (unpaired) electrons. The quantitative estimate of drug-likeness (QED) is 0.760. The molecule has 0 amide bonds. The fourth-order valence-corrected chi connectivity index (χ4v) is 3.24. The lowest BCUT2D eigenvalue weighted by atomic mass is 9.97. The van der Waals surface area contributed by atoms with Crippen LogP contribution in [0.2, 0.25) is 0 Å². The Morgan fingerprint density at radius 2 is 1.72 bits per heavy atom. The van der Waals surface area contributed by atoms with E-state index in [1.807, 2.05) is 61.5 Å². The Morgan fingerprint density at radius 1 is 1.08 bits per heavy atom. The van der Waals surface area contributed by atoms with Crippen molar-refractivity contribution in [3.8, 4) is 0 Å². The molecule has 2 rings (SSSR count). The van der Waals surface area contributed by atoms with Crippen LogP contribution in [0.15, 0.2) is 60.0 Å². The van der Waals surface area contributed by atoms with Gasteiger partial charge in [0.2, 0.25) is 10.0 Å². The van der Waals surface area contributed by atoms with Crippen LogP contribution in [0.25, 0.3) is 6.08 Å². The van der Waals surface area contributed by atoms with Crippen LogP contribution in [0.1, 0.15) is 30.0 Å². The van der Waals surface area contributed by atoms with Gasteiger partial charge >= 0.3 is 0 Å². The largest absolute Gasteiger partial charge is 0.389 e. The number of hydrogen-bond acceptors (Lipinski definition) is 3. The normalized spacial score (nSPS) is 14.5. The molecule has 2 aromatic rings. The highest BCUT2D eigenvalue weighted by atomic mass is 32.2. The van der Waals surface area contributed by atoms with E-state index in [2.05, 4.69) is 4.72 Å². The van der Waals surface area contributed by atoms with E-state index in [1.165, 1.54) is 0 Å². The van der Waals surface area contributed by atoms with E-state index in [4.69, 9.17) is 0 Å². The van der Waals surface area contributed by atoms with E-state index in [1.54, 1.807) is 13.0 Å². The minimum absolute atomic E-state index is 0.0274. The van der Waals surface area contributed by atoms with Gasteiger partial charge in [-0.05, 0) is 43.9 Å². The van der Waals surface area contributed by atoms with Gasteiger partial charge in [0.05, 0.1) is 5.60 Å². The fourth-order valence-electron chi connectivity index (χ4n) is 2.30. The molecule has 0 saturated carbocycles. The maximum absolute atomic E-state index is 12.1. The Labute approximate surface area is 150 Å². The molecule has 0 aromatic heterocycles. The summed E-state index contributed by atoms with van der Waals surface area (Å²) in [6.45, 7) is 3.59. The smallest absolute Gasteiger partial charge is 0.233 e. The van der Waals surface area contributed by atoms with Crippen molar-refractivity contribution in [3.05, 3.63) is 76.7 Å². The summed E-state index contributed by atoms with van der Waals surface area (Å²) in [5.41, 5.74) is 1.94. The molecule has 0 fully saturated rings. The number of rotatable bonds is 8. The molecule has 134 valence electrons. The van der Waals surface area contributed by atoms with E-state index < -0.39 is 15.6 Å². The van der Waals surface area contributed by atoms with Gasteiger partial charge in [0.15, 0.2) is 0 Å². The SMILES string of the molecule is Cc1ccc(/C=C/S(=O)(=O)NC[C@@](C)(O)CCc2ccccc2)cc1. The van der Waals surface area contributed by atoms with E-state index in [0.29, 0.717) is 12.8 Å². The molecule has 2 N–H and O–H groups in total. The molecule has 0 aliphatic carbocycles. The predicted molar refractivity (Wildman–Crippen MR) is 103 cm³/mol. The van der Waals surface area contributed by atoms with Crippen molar-refractivity contribution >= 4 is 16.1 Å². The van der Waals surface area contributed by atoms with E-state index in [9.17, 15) is 13.5 Å². The maximum atomic E-state index is 12.1. The molecule has 0 bridgehead atoms. The number of aliphatic hydroxyl groups is 1. The summed E-state index contributed by atoms with van der Waals surface area (Å²) in [4.78, 5) is 0. The number of benzene rings is 2. The molecule has 5 heteroatoms. The van der Waals surface area contributed by atoms with Gasteiger partial charge in [0.25, 0.3) is 0 Å². The molecular formula is C20H25NO3S. The minimum Gasteiger partial charge on any atom is -0.389 e. The van der Waals surface area contributed by atoms with Crippen LogP contribution in [0.3, 0.4) is 0 Å². The van der Waals surface area contributed by atoms with Crippen molar-refractivity contribution in [2.24, 2.45) is 0 Å². The average Bonchev–Trinajstić information content (AvgIpc) is 2.59. The van der Waals surface area contributed by atoms with Crippen molar-refractivity contribution in [3.63, 3.8) is 0 Å². The highest BCUT2D eigenvalue weighted by molar-refractivity contribution is 7.92. The summed E-state index contributed by atoms with van der Waals surface area (Å²) in [6.07, 6.45) is 2.70. The zero-order valence-electron chi connectivity index (χ0n) is 14.6. The first-order valence-corrected chi connectivity index (χ1v) is 9.81. The molecule has 0 heterocycles. The summed E-state index contributed by atoms with van der Waals surface area (Å²) in [6, 6.07) is 17.4. The van der Waals surface area contributed by atoms with Gasteiger partial charge < -0.3 is 5.11 Å². The van der Waals surface area contributed by atoms with Crippen LogP contribution in [0, 0.1) is 6.92 Å². The first-order valence-electron chi connectivity index (χ1n) is 8.27. The third kappa shape index (κ3) is 7.22. The Kier molecular flexibility index (Phi) is 6.53. The van der Waals surface area contributed by atoms with Crippen molar-refractivity contribution in [1.82, 2.24) is 4.72 Å². The number of nitrogens with one attached hydrogen (secondary N) is 1.